The van der Waals surface area contributed by atoms with Crippen molar-refractivity contribution in [2.45, 2.75) is 38.8 Å². The van der Waals surface area contributed by atoms with E-state index >= 15 is 0 Å². The summed E-state index contributed by atoms with van der Waals surface area (Å²) in [6.07, 6.45) is 9.19. The highest BCUT2D eigenvalue weighted by Crippen LogP contribution is 2.39. The summed E-state index contributed by atoms with van der Waals surface area (Å²) < 4.78 is 0. The van der Waals surface area contributed by atoms with E-state index in [4.69, 9.17) is 0 Å². The highest BCUT2D eigenvalue weighted by Gasteiger charge is 2.39. The van der Waals surface area contributed by atoms with Gasteiger partial charge in [0.1, 0.15) is 0 Å². The van der Waals surface area contributed by atoms with Crippen LogP contribution < -0.4 is 0 Å². The van der Waals surface area contributed by atoms with Crippen molar-refractivity contribution in [3.63, 3.8) is 0 Å². The summed E-state index contributed by atoms with van der Waals surface area (Å²) >= 11 is 0. The third kappa shape index (κ3) is 3.70. The second kappa shape index (κ2) is 7.08. The van der Waals surface area contributed by atoms with Crippen LogP contribution in [0.5, 0.6) is 0 Å². The maximum absolute atomic E-state index is 4.16. The number of nitrogens with one attached hydrogen (secondary N) is 1. The van der Waals surface area contributed by atoms with Crippen LogP contribution in [0.1, 0.15) is 36.9 Å². The molecule has 0 saturated carbocycles. The molecule has 0 amide bonds. The lowest BCUT2D eigenvalue weighted by atomic mass is 9.73. The van der Waals surface area contributed by atoms with Crippen LogP contribution in [-0.2, 0) is 13.1 Å². The predicted octanol–water partition coefficient (Wildman–Crippen LogP) is 3.29. The molecule has 2 aromatic rings. The molecule has 2 aliphatic heterocycles. The molecule has 1 aromatic carbocycles. The molecule has 0 unspecified atom stereocenters. The first kappa shape index (κ1) is 15.9. The van der Waals surface area contributed by atoms with Crippen LogP contribution >= 0.6 is 0 Å². The second-order valence-corrected chi connectivity index (χ2v) is 7.69. The zero-order chi connectivity index (χ0) is 16.2. The standard InChI is InChI=1S/C20H28N4/c1-2-6-18(7-3-1)13-23-10-4-8-20(15-23)9-5-11-24(16-20)14-19-12-21-17-22-19/h1-3,6-7,12,17H,4-5,8-11,13-16H2,(H,21,22)/t20-/m0/s1. The highest BCUT2D eigenvalue weighted by atomic mass is 15.2. The molecule has 2 fully saturated rings. The summed E-state index contributed by atoms with van der Waals surface area (Å²) in [7, 11) is 0. The SMILES string of the molecule is c1ccc(CN2CCC[C@]3(CCCN(Cc4cnc[nH]4)C3)C2)cc1. The van der Waals surface area contributed by atoms with Crippen molar-refractivity contribution < 1.29 is 0 Å². The minimum Gasteiger partial charge on any atom is -0.347 e. The monoisotopic (exact) mass is 324 g/mol. The molecule has 0 aliphatic carbocycles. The molecular weight excluding hydrogens is 296 g/mol. The molecule has 0 bridgehead atoms. The molecular formula is C20H28N4. The van der Waals surface area contributed by atoms with Crippen LogP contribution in [0.15, 0.2) is 42.9 Å². The van der Waals surface area contributed by atoms with Crippen LogP contribution in [0.2, 0.25) is 0 Å². The van der Waals surface area contributed by atoms with Gasteiger partial charge < -0.3 is 4.98 Å². The van der Waals surface area contributed by atoms with E-state index in [0.717, 1.165) is 13.1 Å². The van der Waals surface area contributed by atoms with Crippen LogP contribution in [0.4, 0.5) is 0 Å². The van der Waals surface area contributed by atoms with Crippen molar-refractivity contribution in [2.75, 3.05) is 26.2 Å². The number of likely N-dealkylation sites (tertiary alicyclic amines) is 2. The molecule has 4 rings (SSSR count). The summed E-state index contributed by atoms with van der Waals surface area (Å²) in [6, 6.07) is 10.9. The zero-order valence-corrected chi connectivity index (χ0v) is 14.5. The quantitative estimate of drug-likeness (QED) is 0.937. The van der Waals surface area contributed by atoms with Gasteiger partial charge >= 0.3 is 0 Å². The molecule has 1 N–H and O–H groups in total. The van der Waals surface area contributed by atoms with E-state index in [2.05, 4.69) is 50.1 Å². The number of aromatic amines is 1. The van der Waals surface area contributed by atoms with Gasteiger partial charge in [0.05, 0.1) is 6.33 Å². The second-order valence-electron chi connectivity index (χ2n) is 7.69. The van der Waals surface area contributed by atoms with E-state index in [1.807, 2.05) is 6.20 Å². The number of hydrogen-bond donors (Lipinski definition) is 1. The fourth-order valence-electron chi connectivity index (χ4n) is 4.68. The summed E-state index contributed by atoms with van der Waals surface area (Å²) in [5.74, 6) is 0. The Morgan fingerprint density at radius 2 is 1.67 bits per heavy atom. The normalized spacial score (nSPS) is 26.0. The molecule has 1 spiro atoms. The number of benzene rings is 1. The number of piperidine rings is 2. The van der Waals surface area contributed by atoms with Gasteiger partial charge in [0.25, 0.3) is 0 Å². The zero-order valence-electron chi connectivity index (χ0n) is 14.5. The minimum absolute atomic E-state index is 0.491. The van der Waals surface area contributed by atoms with E-state index < -0.39 is 0 Å². The Morgan fingerprint density at radius 3 is 2.33 bits per heavy atom. The molecule has 4 heteroatoms. The molecule has 2 saturated heterocycles. The molecule has 0 radical (unpaired) electrons. The first-order valence-electron chi connectivity index (χ1n) is 9.27. The number of imidazole rings is 1. The van der Waals surface area contributed by atoms with Crippen molar-refractivity contribution >= 4 is 0 Å². The maximum atomic E-state index is 4.16. The van der Waals surface area contributed by atoms with E-state index in [1.165, 1.54) is 63.1 Å². The van der Waals surface area contributed by atoms with Crippen molar-refractivity contribution in [1.82, 2.24) is 19.8 Å². The first-order chi connectivity index (χ1) is 11.8. The lowest BCUT2D eigenvalue weighted by Gasteiger charge is -2.48. The maximum Gasteiger partial charge on any atom is 0.0922 e. The topological polar surface area (TPSA) is 35.2 Å². The lowest BCUT2D eigenvalue weighted by molar-refractivity contribution is 0.00740. The van der Waals surface area contributed by atoms with Crippen LogP contribution in [-0.4, -0.2) is 45.9 Å². The summed E-state index contributed by atoms with van der Waals surface area (Å²) in [4.78, 5) is 12.7. The van der Waals surface area contributed by atoms with Crippen LogP contribution in [0.3, 0.4) is 0 Å². The van der Waals surface area contributed by atoms with Gasteiger partial charge in [-0.1, -0.05) is 30.3 Å². The van der Waals surface area contributed by atoms with Crippen molar-refractivity contribution in [2.24, 2.45) is 5.41 Å². The Labute approximate surface area is 144 Å². The predicted molar refractivity (Wildman–Crippen MR) is 96.5 cm³/mol. The Balaban J connectivity index is 1.40. The number of hydrogen-bond acceptors (Lipinski definition) is 3. The van der Waals surface area contributed by atoms with Crippen molar-refractivity contribution in [3.8, 4) is 0 Å². The van der Waals surface area contributed by atoms with Gasteiger partial charge in [0.15, 0.2) is 0 Å². The number of aromatic nitrogens is 2. The van der Waals surface area contributed by atoms with E-state index in [0.29, 0.717) is 5.41 Å². The molecule has 1 aromatic heterocycles. The third-order valence-corrected chi connectivity index (χ3v) is 5.68. The van der Waals surface area contributed by atoms with Gasteiger partial charge in [-0.25, -0.2) is 4.98 Å². The Bertz CT molecular complexity index is 620. The molecule has 3 heterocycles. The smallest absolute Gasteiger partial charge is 0.0922 e. The van der Waals surface area contributed by atoms with Gasteiger partial charge in [-0.2, -0.15) is 0 Å². The van der Waals surface area contributed by atoms with Crippen molar-refractivity contribution in [3.05, 3.63) is 54.1 Å². The molecule has 1 atom stereocenters. The van der Waals surface area contributed by atoms with Crippen molar-refractivity contribution in [1.29, 1.82) is 0 Å². The molecule has 4 nitrogen and oxygen atoms in total. The molecule has 24 heavy (non-hydrogen) atoms. The van der Waals surface area contributed by atoms with Crippen LogP contribution in [0, 0.1) is 5.41 Å². The summed E-state index contributed by atoms with van der Waals surface area (Å²) in [5.41, 5.74) is 3.18. The minimum atomic E-state index is 0.491. The molecule has 128 valence electrons. The van der Waals surface area contributed by atoms with E-state index in [1.54, 1.807) is 6.33 Å². The Hall–Kier alpha value is -1.65. The number of rotatable bonds is 4. The number of H-pyrrole nitrogens is 1. The van der Waals surface area contributed by atoms with Crippen LogP contribution in [0.25, 0.3) is 0 Å². The van der Waals surface area contributed by atoms with Gasteiger partial charge in [-0.3, -0.25) is 9.80 Å². The van der Waals surface area contributed by atoms with Gasteiger partial charge in [0.2, 0.25) is 0 Å². The summed E-state index contributed by atoms with van der Waals surface area (Å²) in [5, 5.41) is 0. The largest absolute Gasteiger partial charge is 0.347 e. The lowest BCUT2D eigenvalue weighted by Crippen LogP contribution is -2.51. The molecule has 2 aliphatic rings. The van der Waals surface area contributed by atoms with Gasteiger partial charge in [-0.15, -0.1) is 0 Å². The fourth-order valence-corrected chi connectivity index (χ4v) is 4.68. The van der Waals surface area contributed by atoms with E-state index in [-0.39, 0.29) is 0 Å². The third-order valence-electron chi connectivity index (χ3n) is 5.68. The fraction of sp³-hybridized carbons (Fsp3) is 0.550. The Morgan fingerprint density at radius 1 is 0.958 bits per heavy atom. The number of nitrogens with zero attached hydrogens (tertiary/aromatic N) is 3. The van der Waals surface area contributed by atoms with E-state index in [9.17, 15) is 0 Å². The summed E-state index contributed by atoms with van der Waals surface area (Å²) in [6.45, 7) is 7.07. The van der Waals surface area contributed by atoms with Gasteiger partial charge in [-0.05, 0) is 49.8 Å². The average molecular weight is 324 g/mol. The Kier molecular flexibility index (Phi) is 4.67. The van der Waals surface area contributed by atoms with Gasteiger partial charge in [0, 0.05) is 38.1 Å². The first-order valence-corrected chi connectivity index (χ1v) is 9.27. The highest BCUT2D eigenvalue weighted by molar-refractivity contribution is 5.14. The average Bonchev–Trinajstić information content (AvgIpc) is 3.09.